The van der Waals surface area contributed by atoms with Crippen molar-refractivity contribution in [2.45, 2.75) is 13.3 Å². The monoisotopic (exact) mass is 251 g/mol. The van der Waals surface area contributed by atoms with E-state index in [1.54, 1.807) is 12.1 Å². The molecule has 0 aliphatic carbocycles. The number of aryl methyl sites for hydroxylation is 1. The first-order valence-corrected chi connectivity index (χ1v) is 5.89. The Hall–Kier alpha value is -2.67. The molecule has 0 aliphatic rings. The molecule has 1 N–H and O–H groups in total. The number of hydrogen-bond donors (Lipinski definition) is 1. The number of anilines is 1. The Labute approximate surface area is 111 Å². The molecule has 1 heterocycles. The number of pyridine rings is 1. The molecule has 19 heavy (non-hydrogen) atoms. The fourth-order valence-corrected chi connectivity index (χ4v) is 1.72. The van der Waals surface area contributed by atoms with Gasteiger partial charge in [-0.15, -0.1) is 0 Å². The van der Waals surface area contributed by atoms with E-state index < -0.39 is 0 Å². The third-order valence-corrected chi connectivity index (χ3v) is 2.61. The summed E-state index contributed by atoms with van der Waals surface area (Å²) in [7, 11) is 0. The maximum Gasteiger partial charge on any atom is 0.255 e. The molecule has 0 aliphatic heterocycles. The van der Waals surface area contributed by atoms with Crippen LogP contribution in [-0.2, 0) is 6.42 Å². The summed E-state index contributed by atoms with van der Waals surface area (Å²) in [6, 6.07) is 12.9. The summed E-state index contributed by atoms with van der Waals surface area (Å²) in [5.41, 5.74) is 2.93. The topological polar surface area (TPSA) is 65.8 Å². The van der Waals surface area contributed by atoms with Gasteiger partial charge >= 0.3 is 0 Å². The van der Waals surface area contributed by atoms with E-state index in [4.69, 9.17) is 5.26 Å². The van der Waals surface area contributed by atoms with Crippen LogP contribution in [-0.4, -0.2) is 10.9 Å². The predicted octanol–water partition coefficient (Wildman–Crippen LogP) is 2.71. The quantitative estimate of drug-likeness (QED) is 0.912. The van der Waals surface area contributed by atoms with Crippen LogP contribution >= 0.6 is 0 Å². The molecule has 0 saturated carbocycles. The van der Waals surface area contributed by atoms with E-state index in [-0.39, 0.29) is 12.3 Å². The van der Waals surface area contributed by atoms with Crippen molar-refractivity contribution >= 4 is 11.6 Å². The Morgan fingerprint density at radius 3 is 2.95 bits per heavy atom. The zero-order valence-electron chi connectivity index (χ0n) is 10.6. The van der Waals surface area contributed by atoms with Crippen molar-refractivity contribution in [3.05, 3.63) is 59.4 Å². The van der Waals surface area contributed by atoms with Crippen molar-refractivity contribution in [1.29, 1.82) is 5.26 Å². The van der Waals surface area contributed by atoms with Gasteiger partial charge in [-0.3, -0.25) is 9.78 Å². The van der Waals surface area contributed by atoms with Crippen molar-refractivity contribution in [1.82, 2.24) is 4.98 Å². The molecule has 0 atom stereocenters. The van der Waals surface area contributed by atoms with Crippen molar-refractivity contribution in [3.63, 3.8) is 0 Å². The molecular formula is C15H13N3O. The average Bonchev–Trinajstić information content (AvgIpc) is 2.39. The number of carbonyl (C=O) groups excluding carboxylic acids is 1. The zero-order valence-corrected chi connectivity index (χ0v) is 10.6. The van der Waals surface area contributed by atoms with Gasteiger partial charge in [0.05, 0.1) is 18.2 Å². The Morgan fingerprint density at radius 2 is 2.21 bits per heavy atom. The summed E-state index contributed by atoms with van der Waals surface area (Å²) in [6.07, 6.45) is 1.74. The molecule has 0 fully saturated rings. The molecule has 2 aromatic rings. The molecule has 1 aromatic carbocycles. The van der Waals surface area contributed by atoms with Crippen LogP contribution in [0.3, 0.4) is 0 Å². The first kappa shape index (κ1) is 12.8. The van der Waals surface area contributed by atoms with Gasteiger partial charge in [0.15, 0.2) is 0 Å². The largest absolute Gasteiger partial charge is 0.322 e. The number of nitrogens with one attached hydrogen (secondary N) is 1. The van der Waals surface area contributed by atoms with Gasteiger partial charge in [0.25, 0.3) is 5.91 Å². The van der Waals surface area contributed by atoms with E-state index >= 15 is 0 Å². The number of benzene rings is 1. The lowest BCUT2D eigenvalue weighted by molar-refractivity contribution is 0.102. The molecule has 1 aromatic heterocycles. The predicted molar refractivity (Wildman–Crippen MR) is 72.7 cm³/mol. The number of rotatable bonds is 3. The number of nitrogens with zero attached hydrogens (tertiary/aromatic N) is 2. The summed E-state index contributed by atoms with van der Waals surface area (Å²) in [5, 5.41) is 11.4. The molecule has 0 radical (unpaired) electrons. The highest BCUT2D eigenvalue weighted by molar-refractivity contribution is 6.04. The number of amides is 1. The number of hydrogen-bond acceptors (Lipinski definition) is 3. The second-order valence-corrected chi connectivity index (χ2v) is 4.19. The van der Waals surface area contributed by atoms with Crippen LogP contribution < -0.4 is 5.32 Å². The fourth-order valence-electron chi connectivity index (χ4n) is 1.72. The first-order chi connectivity index (χ1) is 9.19. The lowest BCUT2D eigenvalue weighted by atomic mass is 10.1. The Kier molecular flexibility index (Phi) is 3.89. The van der Waals surface area contributed by atoms with Crippen LogP contribution in [0.4, 0.5) is 5.69 Å². The van der Waals surface area contributed by atoms with E-state index in [1.165, 1.54) is 6.20 Å². The van der Waals surface area contributed by atoms with Gasteiger partial charge < -0.3 is 5.32 Å². The van der Waals surface area contributed by atoms with Gasteiger partial charge in [-0.25, -0.2) is 0 Å². The fraction of sp³-hybridized carbons (Fsp3) is 0.133. The van der Waals surface area contributed by atoms with Crippen LogP contribution in [0.15, 0.2) is 42.6 Å². The second-order valence-electron chi connectivity index (χ2n) is 4.19. The van der Waals surface area contributed by atoms with Gasteiger partial charge in [-0.05, 0) is 36.8 Å². The molecule has 2 rings (SSSR count). The van der Waals surface area contributed by atoms with E-state index in [2.05, 4.69) is 10.3 Å². The second kappa shape index (κ2) is 5.78. The minimum Gasteiger partial charge on any atom is -0.322 e. The summed E-state index contributed by atoms with van der Waals surface area (Å²) in [5.74, 6) is -0.202. The summed E-state index contributed by atoms with van der Waals surface area (Å²) in [6.45, 7) is 1.97. The van der Waals surface area contributed by atoms with E-state index in [9.17, 15) is 4.79 Å². The third-order valence-electron chi connectivity index (χ3n) is 2.61. The van der Waals surface area contributed by atoms with Crippen LogP contribution in [0.2, 0.25) is 0 Å². The van der Waals surface area contributed by atoms with Crippen molar-refractivity contribution < 1.29 is 4.79 Å². The number of carbonyl (C=O) groups is 1. The van der Waals surface area contributed by atoms with Crippen LogP contribution in [0, 0.1) is 18.3 Å². The molecule has 94 valence electrons. The minimum atomic E-state index is -0.202. The van der Waals surface area contributed by atoms with E-state index in [0.29, 0.717) is 11.3 Å². The molecule has 4 heteroatoms. The first-order valence-electron chi connectivity index (χ1n) is 5.89. The average molecular weight is 251 g/mol. The summed E-state index contributed by atoms with van der Waals surface area (Å²) >= 11 is 0. The molecule has 1 amide bonds. The maximum absolute atomic E-state index is 12.1. The standard InChI is InChI=1S/C15H13N3O/c1-11-3-2-4-14(9-11)18-15(19)12-6-8-17-13(10-12)5-7-16/h2-4,6,8-10H,5H2,1H3,(H,18,19). The van der Waals surface area contributed by atoms with E-state index in [1.807, 2.05) is 37.3 Å². The molecule has 0 saturated heterocycles. The van der Waals surface area contributed by atoms with Crippen molar-refractivity contribution in [2.24, 2.45) is 0 Å². The normalized spacial score (nSPS) is 9.68. The molecule has 0 bridgehead atoms. The summed E-state index contributed by atoms with van der Waals surface area (Å²) < 4.78 is 0. The van der Waals surface area contributed by atoms with Gasteiger partial charge in [0, 0.05) is 17.4 Å². The zero-order chi connectivity index (χ0) is 13.7. The van der Waals surface area contributed by atoms with E-state index in [0.717, 1.165) is 11.3 Å². The van der Waals surface area contributed by atoms with Gasteiger partial charge in [-0.2, -0.15) is 5.26 Å². The van der Waals surface area contributed by atoms with Crippen molar-refractivity contribution in [2.75, 3.05) is 5.32 Å². The lowest BCUT2D eigenvalue weighted by Crippen LogP contribution is -2.12. The molecule has 4 nitrogen and oxygen atoms in total. The Balaban J connectivity index is 2.16. The highest BCUT2D eigenvalue weighted by atomic mass is 16.1. The van der Waals surface area contributed by atoms with Crippen LogP contribution in [0.25, 0.3) is 0 Å². The lowest BCUT2D eigenvalue weighted by Gasteiger charge is -2.06. The van der Waals surface area contributed by atoms with Gasteiger partial charge in [0.1, 0.15) is 0 Å². The Morgan fingerprint density at radius 1 is 1.37 bits per heavy atom. The third kappa shape index (κ3) is 3.39. The maximum atomic E-state index is 12.1. The smallest absolute Gasteiger partial charge is 0.255 e. The van der Waals surface area contributed by atoms with Crippen LogP contribution in [0.1, 0.15) is 21.6 Å². The highest BCUT2D eigenvalue weighted by Crippen LogP contribution is 2.12. The summed E-state index contributed by atoms with van der Waals surface area (Å²) in [4.78, 5) is 16.1. The SMILES string of the molecule is Cc1cccc(NC(=O)c2ccnc(CC#N)c2)c1. The minimum absolute atomic E-state index is 0.200. The Bertz CT molecular complexity index is 644. The highest BCUT2D eigenvalue weighted by Gasteiger charge is 2.07. The van der Waals surface area contributed by atoms with Crippen LogP contribution in [0.5, 0.6) is 0 Å². The van der Waals surface area contributed by atoms with Gasteiger partial charge in [-0.1, -0.05) is 12.1 Å². The molecule has 0 unspecified atom stereocenters. The van der Waals surface area contributed by atoms with Gasteiger partial charge in [0.2, 0.25) is 0 Å². The number of aromatic nitrogens is 1. The molecule has 0 spiro atoms. The number of nitriles is 1. The van der Waals surface area contributed by atoms with Crippen molar-refractivity contribution in [3.8, 4) is 6.07 Å². The molecular weight excluding hydrogens is 238 g/mol.